The summed E-state index contributed by atoms with van der Waals surface area (Å²) in [5.74, 6) is 0.925. The van der Waals surface area contributed by atoms with E-state index >= 15 is 0 Å². The summed E-state index contributed by atoms with van der Waals surface area (Å²) in [6, 6.07) is 2.26. The molecular formula is C15H23BrN2O. The molecule has 2 rings (SSSR count). The number of hydrogen-bond acceptors (Lipinski definition) is 1. The standard InChI is InChI=1S/C15H23BrN2O/c1-3-11-5-7-13(8-6-11)17-15(19)14-9-12(16)10-18(14)4-2/h9-11,13H,3-8H2,1-2H3,(H,17,19). The van der Waals surface area contributed by atoms with Gasteiger partial charge in [0.2, 0.25) is 0 Å². The van der Waals surface area contributed by atoms with Gasteiger partial charge in [-0.05, 0) is 60.5 Å². The highest BCUT2D eigenvalue weighted by molar-refractivity contribution is 9.10. The minimum Gasteiger partial charge on any atom is -0.348 e. The van der Waals surface area contributed by atoms with Crippen molar-refractivity contribution in [1.82, 2.24) is 9.88 Å². The fraction of sp³-hybridized carbons (Fsp3) is 0.667. The van der Waals surface area contributed by atoms with Crippen molar-refractivity contribution in [3.63, 3.8) is 0 Å². The molecule has 0 saturated heterocycles. The van der Waals surface area contributed by atoms with Crippen molar-refractivity contribution in [3.8, 4) is 0 Å². The first-order valence-corrected chi connectivity index (χ1v) is 8.09. The Balaban J connectivity index is 1.94. The van der Waals surface area contributed by atoms with Crippen LogP contribution in [0.4, 0.5) is 0 Å². The van der Waals surface area contributed by atoms with Crippen molar-refractivity contribution < 1.29 is 4.79 Å². The van der Waals surface area contributed by atoms with E-state index in [4.69, 9.17) is 0 Å². The zero-order chi connectivity index (χ0) is 13.8. The molecule has 1 aromatic heterocycles. The molecule has 1 fully saturated rings. The Labute approximate surface area is 123 Å². The summed E-state index contributed by atoms with van der Waals surface area (Å²) in [5.41, 5.74) is 0.756. The van der Waals surface area contributed by atoms with Gasteiger partial charge in [-0.3, -0.25) is 4.79 Å². The van der Waals surface area contributed by atoms with Crippen LogP contribution in [0.1, 0.15) is 56.4 Å². The molecular weight excluding hydrogens is 304 g/mol. The van der Waals surface area contributed by atoms with Crippen LogP contribution in [0, 0.1) is 5.92 Å². The third-order valence-corrected chi connectivity index (χ3v) is 4.63. The maximum absolute atomic E-state index is 12.3. The van der Waals surface area contributed by atoms with Crippen LogP contribution in [-0.4, -0.2) is 16.5 Å². The average Bonchev–Trinajstić information content (AvgIpc) is 2.81. The average molecular weight is 327 g/mol. The molecule has 0 bridgehead atoms. The maximum atomic E-state index is 12.3. The normalized spacial score (nSPS) is 23.3. The monoisotopic (exact) mass is 326 g/mol. The lowest BCUT2D eigenvalue weighted by Crippen LogP contribution is -2.38. The van der Waals surface area contributed by atoms with E-state index in [0.717, 1.165) is 35.5 Å². The fourth-order valence-corrected chi connectivity index (χ4v) is 3.37. The molecule has 1 aliphatic carbocycles. The van der Waals surface area contributed by atoms with Crippen molar-refractivity contribution in [2.45, 2.75) is 58.5 Å². The largest absolute Gasteiger partial charge is 0.348 e. The molecule has 106 valence electrons. The first kappa shape index (κ1) is 14.6. The van der Waals surface area contributed by atoms with E-state index in [2.05, 4.69) is 35.1 Å². The smallest absolute Gasteiger partial charge is 0.268 e. The quantitative estimate of drug-likeness (QED) is 0.892. The number of rotatable bonds is 4. The molecule has 0 aliphatic heterocycles. The third kappa shape index (κ3) is 3.62. The Morgan fingerprint density at radius 3 is 2.63 bits per heavy atom. The van der Waals surface area contributed by atoms with Crippen LogP contribution in [0.15, 0.2) is 16.7 Å². The van der Waals surface area contributed by atoms with Crippen molar-refractivity contribution in [3.05, 3.63) is 22.4 Å². The van der Waals surface area contributed by atoms with E-state index in [1.807, 2.05) is 16.8 Å². The second-order valence-corrected chi connectivity index (χ2v) is 6.34. The van der Waals surface area contributed by atoms with E-state index < -0.39 is 0 Å². The van der Waals surface area contributed by atoms with Crippen LogP contribution in [0.3, 0.4) is 0 Å². The van der Waals surface area contributed by atoms with Gasteiger partial charge < -0.3 is 9.88 Å². The Hall–Kier alpha value is -0.770. The predicted molar refractivity (Wildman–Crippen MR) is 81.3 cm³/mol. The summed E-state index contributed by atoms with van der Waals surface area (Å²) < 4.78 is 2.95. The van der Waals surface area contributed by atoms with Gasteiger partial charge in [-0.2, -0.15) is 0 Å². The highest BCUT2D eigenvalue weighted by atomic mass is 79.9. The molecule has 0 atom stereocenters. The fourth-order valence-electron chi connectivity index (χ4n) is 2.90. The van der Waals surface area contributed by atoms with E-state index in [1.54, 1.807) is 0 Å². The number of aromatic nitrogens is 1. The number of aryl methyl sites for hydroxylation is 1. The van der Waals surface area contributed by atoms with Gasteiger partial charge in [-0.25, -0.2) is 0 Å². The molecule has 1 saturated carbocycles. The number of amides is 1. The number of nitrogens with one attached hydrogen (secondary N) is 1. The van der Waals surface area contributed by atoms with E-state index in [9.17, 15) is 4.79 Å². The molecule has 1 aliphatic rings. The first-order valence-electron chi connectivity index (χ1n) is 7.30. The lowest BCUT2D eigenvalue weighted by molar-refractivity contribution is 0.0912. The summed E-state index contributed by atoms with van der Waals surface area (Å²) in [5, 5.41) is 3.19. The lowest BCUT2D eigenvalue weighted by atomic mass is 9.84. The third-order valence-electron chi connectivity index (χ3n) is 4.20. The summed E-state index contributed by atoms with van der Waals surface area (Å²) in [7, 11) is 0. The van der Waals surface area contributed by atoms with Crippen LogP contribution < -0.4 is 5.32 Å². The molecule has 0 spiro atoms. The lowest BCUT2D eigenvalue weighted by Gasteiger charge is -2.28. The van der Waals surface area contributed by atoms with Crippen LogP contribution >= 0.6 is 15.9 Å². The van der Waals surface area contributed by atoms with Gasteiger partial charge in [0.1, 0.15) is 5.69 Å². The van der Waals surface area contributed by atoms with Gasteiger partial charge in [0.25, 0.3) is 5.91 Å². The molecule has 1 N–H and O–H groups in total. The molecule has 1 amide bonds. The number of halogens is 1. The topological polar surface area (TPSA) is 34.0 Å². The van der Waals surface area contributed by atoms with E-state index in [1.165, 1.54) is 19.3 Å². The summed E-state index contributed by atoms with van der Waals surface area (Å²) in [4.78, 5) is 12.3. The Morgan fingerprint density at radius 2 is 2.05 bits per heavy atom. The minimum absolute atomic E-state index is 0.0625. The Bertz CT molecular complexity index is 433. The van der Waals surface area contributed by atoms with Gasteiger partial charge in [0, 0.05) is 23.3 Å². The second kappa shape index (κ2) is 6.60. The van der Waals surface area contributed by atoms with Gasteiger partial charge in [0.15, 0.2) is 0 Å². The molecule has 0 radical (unpaired) electrons. The van der Waals surface area contributed by atoms with E-state index in [-0.39, 0.29) is 5.91 Å². The van der Waals surface area contributed by atoms with Crippen molar-refractivity contribution in [2.24, 2.45) is 5.92 Å². The summed E-state index contributed by atoms with van der Waals surface area (Å²) in [6.45, 7) is 5.13. The van der Waals surface area contributed by atoms with Gasteiger partial charge in [0.05, 0.1) is 0 Å². The van der Waals surface area contributed by atoms with Crippen molar-refractivity contribution in [1.29, 1.82) is 0 Å². The molecule has 1 heterocycles. The molecule has 0 unspecified atom stereocenters. The highest BCUT2D eigenvalue weighted by Crippen LogP contribution is 2.26. The van der Waals surface area contributed by atoms with Crippen LogP contribution in [0.2, 0.25) is 0 Å². The van der Waals surface area contributed by atoms with Crippen molar-refractivity contribution in [2.75, 3.05) is 0 Å². The SMILES string of the molecule is CCC1CCC(NC(=O)c2cc(Br)cn2CC)CC1. The molecule has 3 nitrogen and oxygen atoms in total. The maximum Gasteiger partial charge on any atom is 0.268 e. The Morgan fingerprint density at radius 1 is 1.37 bits per heavy atom. The second-order valence-electron chi connectivity index (χ2n) is 5.43. The predicted octanol–water partition coefficient (Wildman–Crippen LogP) is 3.97. The Kier molecular flexibility index (Phi) is 5.08. The summed E-state index contributed by atoms with van der Waals surface area (Å²) >= 11 is 3.43. The van der Waals surface area contributed by atoms with Crippen LogP contribution in [-0.2, 0) is 6.54 Å². The number of carbonyl (C=O) groups excluding carboxylic acids is 1. The molecule has 1 aromatic rings. The zero-order valence-corrected chi connectivity index (χ0v) is 13.4. The first-order chi connectivity index (χ1) is 9.13. The summed E-state index contributed by atoms with van der Waals surface area (Å²) in [6.07, 6.45) is 7.98. The number of carbonyl (C=O) groups is 1. The highest BCUT2D eigenvalue weighted by Gasteiger charge is 2.22. The van der Waals surface area contributed by atoms with Crippen LogP contribution in [0.5, 0.6) is 0 Å². The number of nitrogens with zero attached hydrogens (tertiary/aromatic N) is 1. The zero-order valence-electron chi connectivity index (χ0n) is 11.8. The molecule has 0 aromatic carbocycles. The number of hydrogen-bond donors (Lipinski definition) is 1. The van der Waals surface area contributed by atoms with Gasteiger partial charge in [-0.15, -0.1) is 0 Å². The van der Waals surface area contributed by atoms with Gasteiger partial charge in [-0.1, -0.05) is 13.3 Å². The minimum atomic E-state index is 0.0625. The van der Waals surface area contributed by atoms with Crippen LogP contribution in [0.25, 0.3) is 0 Å². The van der Waals surface area contributed by atoms with Crippen molar-refractivity contribution >= 4 is 21.8 Å². The van der Waals surface area contributed by atoms with Gasteiger partial charge >= 0.3 is 0 Å². The molecule has 19 heavy (non-hydrogen) atoms. The molecule has 4 heteroatoms. The van der Waals surface area contributed by atoms with E-state index in [0.29, 0.717) is 6.04 Å².